The molecule has 0 unspecified atom stereocenters. The van der Waals surface area contributed by atoms with Crippen LogP contribution in [0.15, 0.2) is 65.5 Å². The largest absolute Gasteiger partial charge is 0.489 e. The van der Waals surface area contributed by atoms with Crippen molar-refractivity contribution in [3.8, 4) is 28.7 Å². The predicted octanol–water partition coefficient (Wildman–Crippen LogP) is 5.61. The van der Waals surface area contributed by atoms with Crippen LogP contribution in [0.1, 0.15) is 11.1 Å². The Balaban J connectivity index is 1.67. The predicted molar refractivity (Wildman–Crippen MR) is 116 cm³/mol. The Hall–Kier alpha value is -3.27. The highest BCUT2D eigenvalue weighted by Crippen LogP contribution is 2.28. The van der Waals surface area contributed by atoms with Gasteiger partial charge in [0.15, 0.2) is 11.6 Å². The summed E-state index contributed by atoms with van der Waals surface area (Å²) in [6.45, 7) is 0.851. The maximum atomic E-state index is 13.2. The third-order valence-corrected chi connectivity index (χ3v) is 4.80. The molecule has 4 aromatic rings. The van der Waals surface area contributed by atoms with E-state index in [-0.39, 0.29) is 11.6 Å². The zero-order valence-electron chi connectivity index (χ0n) is 16.8. The molecular weight excluding hydrogens is 487 g/mol. The number of rotatable bonds is 6. The van der Waals surface area contributed by atoms with E-state index < -0.39 is 12.7 Å². The SMILES string of the molecule is Cc1cc(Br)nc(-c2nc(-c3cccc(OCc4cccnc4)c3)nn2CC(F)(F)F)c1. The highest BCUT2D eigenvalue weighted by Gasteiger charge is 2.31. The van der Waals surface area contributed by atoms with Gasteiger partial charge in [0.25, 0.3) is 0 Å². The van der Waals surface area contributed by atoms with E-state index in [4.69, 9.17) is 4.74 Å². The molecule has 0 atom stereocenters. The topological polar surface area (TPSA) is 65.7 Å². The zero-order chi connectivity index (χ0) is 22.7. The van der Waals surface area contributed by atoms with E-state index >= 15 is 0 Å². The molecule has 0 saturated heterocycles. The summed E-state index contributed by atoms with van der Waals surface area (Å²) in [5, 5.41) is 4.13. The average Bonchev–Trinajstić information content (AvgIpc) is 3.15. The molecule has 0 radical (unpaired) electrons. The molecule has 10 heteroatoms. The van der Waals surface area contributed by atoms with Crippen LogP contribution >= 0.6 is 15.9 Å². The molecule has 0 spiro atoms. The van der Waals surface area contributed by atoms with Gasteiger partial charge in [-0.25, -0.2) is 14.6 Å². The van der Waals surface area contributed by atoms with Crippen LogP contribution in [0.5, 0.6) is 5.75 Å². The number of hydrogen-bond acceptors (Lipinski definition) is 5. The lowest BCUT2D eigenvalue weighted by molar-refractivity contribution is -0.142. The molecule has 0 amide bonds. The van der Waals surface area contributed by atoms with Gasteiger partial charge in [0.2, 0.25) is 0 Å². The molecule has 164 valence electrons. The number of ether oxygens (including phenoxy) is 1. The van der Waals surface area contributed by atoms with Gasteiger partial charge in [-0.15, -0.1) is 0 Å². The number of aryl methyl sites for hydroxylation is 1. The molecular formula is C22H17BrF3N5O. The van der Waals surface area contributed by atoms with Crippen molar-refractivity contribution in [2.75, 3.05) is 0 Å². The lowest BCUT2D eigenvalue weighted by atomic mass is 10.2. The van der Waals surface area contributed by atoms with Gasteiger partial charge in [-0.3, -0.25) is 4.98 Å². The fourth-order valence-corrected chi connectivity index (χ4v) is 3.60. The highest BCUT2D eigenvalue weighted by atomic mass is 79.9. The van der Waals surface area contributed by atoms with Crippen molar-refractivity contribution in [1.29, 1.82) is 0 Å². The Morgan fingerprint density at radius 1 is 1.06 bits per heavy atom. The molecule has 3 heterocycles. The molecule has 1 aromatic carbocycles. The highest BCUT2D eigenvalue weighted by molar-refractivity contribution is 9.10. The van der Waals surface area contributed by atoms with Crippen LogP contribution in [-0.2, 0) is 13.2 Å². The van der Waals surface area contributed by atoms with E-state index in [9.17, 15) is 13.2 Å². The van der Waals surface area contributed by atoms with Gasteiger partial charge in [-0.05, 0) is 58.7 Å². The summed E-state index contributed by atoms with van der Waals surface area (Å²) >= 11 is 3.28. The van der Waals surface area contributed by atoms with E-state index in [0.29, 0.717) is 28.2 Å². The summed E-state index contributed by atoms with van der Waals surface area (Å²) in [6.07, 6.45) is -1.09. The van der Waals surface area contributed by atoms with Crippen LogP contribution < -0.4 is 4.74 Å². The third kappa shape index (κ3) is 5.50. The molecule has 0 N–H and O–H groups in total. The number of hydrogen-bond donors (Lipinski definition) is 0. The minimum absolute atomic E-state index is 0.0309. The van der Waals surface area contributed by atoms with Gasteiger partial charge < -0.3 is 4.74 Å². The van der Waals surface area contributed by atoms with Crippen molar-refractivity contribution < 1.29 is 17.9 Å². The van der Waals surface area contributed by atoms with Crippen LogP contribution in [0.4, 0.5) is 13.2 Å². The van der Waals surface area contributed by atoms with Crippen LogP contribution in [0.2, 0.25) is 0 Å². The molecule has 0 aliphatic carbocycles. The maximum absolute atomic E-state index is 13.2. The standard InChI is InChI=1S/C22H17BrF3N5O/c1-14-8-18(28-19(23)9-14)21-29-20(30-31(21)13-22(24,25)26)16-5-2-6-17(10-16)32-12-15-4-3-7-27-11-15/h2-11H,12-13H2,1H3. The van der Waals surface area contributed by atoms with Gasteiger partial charge in [-0.2, -0.15) is 18.3 Å². The molecule has 32 heavy (non-hydrogen) atoms. The third-order valence-electron chi connectivity index (χ3n) is 4.39. The van der Waals surface area contributed by atoms with E-state index in [0.717, 1.165) is 15.8 Å². The summed E-state index contributed by atoms with van der Waals surface area (Å²) in [6, 6.07) is 14.0. The number of alkyl halides is 3. The molecule has 0 bridgehead atoms. The normalized spacial score (nSPS) is 11.5. The molecule has 3 aromatic heterocycles. The Morgan fingerprint density at radius 2 is 1.91 bits per heavy atom. The summed E-state index contributed by atoms with van der Waals surface area (Å²) in [4.78, 5) is 12.7. The quantitative estimate of drug-likeness (QED) is 0.319. The second kappa shape index (κ2) is 9.07. The number of aromatic nitrogens is 5. The summed E-state index contributed by atoms with van der Waals surface area (Å²) in [5.41, 5.74) is 2.55. The first-order chi connectivity index (χ1) is 15.3. The Kier molecular flexibility index (Phi) is 6.22. The van der Waals surface area contributed by atoms with Crippen LogP contribution in [0.3, 0.4) is 0 Å². The van der Waals surface area contributed by atoms with E-state index in [1.165, 1.54) is 0 Å². The second-order valence-electron chi connectivity index (χ2n) is 7.06. The van der Waals surface area contributed by atoms with Gasteiger partial charge >= 0.3 is 6.18 Å². The first kappa shape index (κ1) is 21.9. The fraction of sp³-hybridized carbons (Fsp3) is 0.182. The van der Waals surface area contributed by atoms with Gasteiger partial charge in [-0.1, -0.05) is 18.2 Å². The molecule has 0 saturated carbocycles. The maximum Gasteiger partial charge on any atom is 0.408 e. The number of nitrogens with zero attached hydrogens (tertiary/aromatic N) is 5. The molecule has 0 fully saturated rings. The van der Waals surface area contributed by atoms with Crippen LogP contribution in [0, 0.1) is 6.92 Å². The van der Waals surface area contributed by atoms with E-state index in [2.05, 4.69) is 36.0 Å². The van der Waals surface area contributed by atoms with Crippen molar-refractivity contribution in [2.45, 2.75) is 26.3 Å². The Morgan fingerprint density at radius 3 is 2.62 bits per heavy atom. The smallest absolute Gasteiger partial charge is 0.408 e. The summed E-state index contributed by atoms with van der Waals surface area (Å²) in [5.74, 6) is 0.718. The lowest BCUT2D eigenvalue weighted by Crippen LogP contribution is -2.19. The van der Waals surface area contributed by atoms with Gasteiger partial charge in [0.05, 0.1) is 0 Å². The second-order valence-corrected chi connectivity index (χ2v) is 7.87. The van der Waals surface area contributed by atoms with Crippen LogP contribution in [-0.4, -0.2) is 30.9 Å². The molecule has 0 aliphatic rings. The molecule has 0 aliphatic heterocycles. The lowest BCUT2D eigenvalue weighted by Gasteiger charge is -2.09. The van der Waals surface area contributed by atoms with E-state index in [1.54, 1.807) is 48.8 Å². The van der Waals surface area contributed by atoms with E-state index in [1.807, 2.05) is 19.1 Å². The first-order valence-corrected chi connectivity index (χ1v) is 10.3. The minimum Gasteiger partial charge on any atom is -0.489 e. The zero-order valence-corrected chi connectivity index (χ0v) is 18.4. The van der Waals surface area contributed by atoms with Crippen molar-refractivity contribution in [3.63, 3.8) is 0 Å². The van der Waals surface area contributed by atoms with Crippen molar-refractivity contribution in [1.82, 2.24) is 24.7 Å². The monoisotopic (exact) mass is 503 g/mol. The van der Waals surface area contributed by atoms with Crippen LogP contribution in [0.25, 0.3) is 22.9 Å². The van der Waals surface area contributed by atoms with Crippen molar-refractivity contribution in [3.05, 3.63) is 76.7 Å². The fourth-order valence-electron chi connectivity index (χ4n) is 3.05. The first-order valence-electron chi connectivity index (χ1n) is 9.55. The number of halogens is 4. The van der Waals surface area contributed by atoms with Gasteiger partial charge in [0, 0.05) is 23.5 Å². The number of pyridine rings is 2. The average molecular weight is 504 g/mol. The Bertz CT molecular complexity index is 1210. The minimum atomic E-state index is -4.46. The molecule has 6 nitrogen and oxygen atoms in total. The molecule has 4 rings (SSSR count). The van der Waals surface area contributed by atoms with Crippen molar-refractivity contribution in [2.24, 2.45) is 0 Å². The van der Waals surface area contributed by atoms with Gasteiger partial charge in [0.1, 0.15) is 29.2 Å². The summed E-state index contributed by atoms with van der Waals surface area (Å²) in [7, 11) is 0. The number of benzene rings is 1. The summed E-state index contributed by atoms with van der Waals surface area (Å²) < 4.78 is 46.7. The van der Waals surface area contributed by atoms with Crippen molar-refractivity contribution >= 4 is 15.9 Å². The Labute approximate surface area is 190 Å².